The van der Waals surface area contributed by atoms with Crippen LogP contribution < -0.4 is 10.6 Å². The summed E-state index contributed by atoms with van der Waals surface area (Å²) in [6, 6.07) is 18.4. The maximum absolute atomic E-state index is 12.2. The maximum Gasteiger partial charge on any atom is 0.253 e. The second-order valence-corrected chi connectivity index (χ2v) is 6.17. The second kappa shape index (κ2) is 8.01. The molecule has 0 unspecified atom stereocenters. The van der Waals surface area contributed by atoms with Crippen LogP contribution in [0.5, 0.6) is 0 Å². The van der Waals surface area contributed by atoms with Gasteiger partial charge >= 0.3 is 0 Å². The average Bonchev–Trinajstić information content (AvgIpc) is 2.64. The number of nitrogens with one attached hydrogen (secondary N) is 2. The normalized spacial score (nSPS) is 10.3. The molecule has 0 aliphatic rings. The molecule has 1 heterocycles. The van der Waals surface area contributed by atoms with Gasteiger partial charge in [0.05, 0.1) is 15.6 Å². The molecule has 1 aromatic heterocycles. The van der Waals surface area contributed by atoms with E-state index >= 15 is 0 Å². The number of carbonyl (C=O) groups is 1. The highest BCUT2D eigenvalue weighted by atomic mass is 35.5. The minimum atomic E-state index is -0.169. The molecule has 0 aliphatic carbocycles. The van der Waals surface area contributed by atoms with Crippen LogP contribution >= 0.6 is 23.2 Å². The van der Waals surface area contributed by atoms with E-state index in [0.29, 0.717) is 28.0 Å². The fraction of sp³-hybridized carbons (Fsp3) is 0.0526. The number of pyridine rings is 1. The number of rotatable bonds is 5. The molecular weight excluding hydrogens is 357 g/mol. The predicted octanol–water partition coefficient (Wildman–Crippen LogP) is 5.06. The van der Waals surface area contributed by atoms with Gasteiger partial charge in [-0.25, -0.2) is 4.98 Å². The molecule has 126 valence electrons. The molecule has 0 atom stereocenters. The second-order valence-electron chi connectivity index (χ2n) is 5.35. The van der Waals surface area contributed by atoms with E-state index in [4.69, 9.17) is 23.2 Å². The van der Waals surface area contributed by atoms with Gasteiger partial charge in [-0.2, -0.15) is 0 Å². The van der Waals surface area contributed by atoms with Crippen LogP contribution in [0.15, 0.2) is 66.9 Å². The number of hydrogen-bond acceptors (Lipinski definition) is 3. The van der Waals surface area contributed by atoms with Gasteiger partial charge in [-0.3, -0.25) is 4.79 Å². The van der Waals surface area contributed by atoms with Crippen LogP contribution in [0.2, 0.25) is 10.0 Å². The Kier molecular flexibility index (Phi) is 5.53. The first-order chi connectivity index (χ1) is 12.1. The maximum atomic E-state index is 12.2. The Bertz CT molecular complexity index is 868. The van der Waals surface area contributed by atoms with Crippen LogP contribution in [-0.4, -0.2) is 10.9 Å². The lowest BCUT2D eigenvalue weighted by Crippen LogP contribution is -2.22. The van der Waals surface area contributed by atoms with Gasteiger partial charge in [-0.05, 0) is 35.9 Å². The Morgan fingerprint density at radius 3 is 2.44 bits per heavy atom. The highest BCUT2D eigenvalue weighted by Crippen LogP contribution is 2.26. The van der Waals surface area contributed by atoms with Crippen molar-refractivity contribution < 1.29 is 4.79 Å². The van der Waals surface area contributed by atoms with E-state index in [1.807, 2.05) is 30.3 Å². The van der Waals surface area contributed by atoms with Gasteiger partial charge in [0, 0.05) is 18.4 Å². The zero-order valence-corrected chi connectivity index (χ0v) is 14.7. The van der Waals surface area contributed by atoms with E-state index in [1.165, 1.54) is 6.20 Å². The van der Waals surface area contributed by atoms with Gasteiger partial charge in [0.1, 0.15) is 5.82 Å². The molecule has 0 saturated heterocycles. The van der Waals surface area contributed by atoms with Crippen molar-refractivity contribution in [1.82, 2.24) is 10.3 Å². The van der Waals surface area contributed by atoms with E-state index in [9.17, 15) is 4.79 Å². The van der Waals surface area contributed by atoms with Crippen molar-refractivity contribution in [3.05, 3.63) is 88.0 Å². The number of benzene rings is 2. The van der Waals surface area contributed by atoms with Gasteiger partial charge in [0.2, 0.25) is 0 Å². The molecule has 2 N–H and O–H groups in total. The van der Waals surface area contributed by atoms with Crippen molar-refractivity contribution in [1.29, 1.82) is 0 Å². The molecule has 0 aliphatic heterocycles. The molecule has 0 spiro atoms. The summed E-state index contributed by atoms with van der Waals surface area (Å²) >= 11 is 11.9. The fourth-order valence-corrected chi connectivity index (χ4v) is 2.50. The highest BCUT2D eigenvalue weighted by Gasteiger charge is 2.07. The van der Waals surface area contributed by atoms with Gasteiger partial charge in [0.25, 0.3) is 5.91 Å². The van der Waals surface area contributed by atoms with Gasteiger partial charge in [-0.15, -0.1) is 0 Å². The lowest BCUT2D eigenvalue weighted by molar-refractivity contribution is 0.0950. The zero-order valence-electron chi connectivity index (χ0n) is 13.2. The first-order valence-corrected chi connectivity index (χ1v) is 8.38. The lowest BCUT2D eigenvalue weighted by Gasteiger charge is -2.08. The van der Waals surface area contributed by atoms with E-state index in [0.717, 1.165) is 11.3 Å². The van der Waals surface area contributed by atoms with Crippen LogP contribution in [0, 0.1) is 0 Å². The third-order valence-corrected chi connectivity index (χ3v) is 4.25. The number of anilines is 2. The number of nitrogens with zero attached hydrogens (tertiary/aromatic N) is 1. The summed E-state index contributed by atoms with van der Waals surface area (Å²) in [6.07, 6.45) is 1.53. The molecule has 25 heavy (non-hydrogen) atoms. The van der Waals surface area contributed by atoms with Gasteiger partial charge in [0.15, 0.2) is 0 Å². The molecule has 3 aromatic rings. The Morgan fingerprint density at radius 2 is 1.76 bits per heavy atom. The van der Waals surface area contributed by atoms with Crippen LogP contribution in [0.3, 0.4) is 0 Å². The van der Waals surface area contributed by atoms with Crippen molar-refractivity contribution in [2.24, 2.45) is 0 Å². The number of aromatic nitrogens is 1. The van der Waals surface area contributed by atoms with E-state index in [1.54, 1.807) is 30.3 Å². The summed E-state index contributed by atoms with van der Waals surface area (Å²) in [5, 5.41) is 6.93. The summed E-state index contributed by atoms with van der Waals surface area (Å²) in [6.45, 7) is 0.475. The predicted molar refractivity (Wildman–Crippen MR) is 102 cm³/mol. The van der Waals surface area contributed by atoms with Crippen LogP contribution in [0.1, 0.15) is 15.9 Å². The molecule has 0 saturated carbocycles. The topological polar surface area (TPSA) is 54.0 Å². The minimum absolute atomic E-state index is 0.169. The largest absolute Gasteiger partial charge is 0.348 e. The standard InChI is InChI=1S/C19H15Cl2N3O/c20-16-8-7-15(10-17(16)21)24-18-9-6-14(12-22-18)19(25)23-11-13-4-2-1-3-5-13/h1-10,12H,11H2,(H,22,24)(H,23,25). The summed E-state index contributed by atoms with van der Waals surface area (Å²) in [5.74, 6) is 0.440. The third kappa shape index (κ3) is 4.72. The van der Waals surface area contributed by atoms with Crippen molar-refractivity contribution >= 4 is 40.6 Å². The number of hydrogen-bond donors (Lipinski definition) is 2. The van der Waals surface area contributed by atoms with E-state index in [2.05, 4.69) is 15.6 Å². The molecule has 1 amide bonds. The molecule has 0 fully saturated rings. The quantitative estimate of drug-likeness (QED) is 0.658. The van der Waals surface area contributed by atoms with E-state index in [-0.39, 0.29) is 5.91 Å². The summed E-state index contributed by atoms with van der Waals surface area (Å²) in [4.78, 5) is 16.4. The first-order valence-electron chi connectivity index (χ1n) is 7.62. The molecule has 0 radical (unpaired) electrons. The molecule has 4 nitrogen and oxygen atoms in total. The SMILES string of the molecule is O=C(NCc1ccccc1)c1ccc(Nc2ccc(Cl)c(Cl)c2)nc1. The van der Waals surface area contributed by atoms with Gasteiger partial charge in [-0.1, -0.05) is 53.5 Å². The third-order valence-electron chi connectivity index (χ3n) is 3.51. The summed E-state index contributed by atoms with van der Waals surface area (Å²) in [5.41, 5.74) is 2.31. The summed E-state index contributed by atoms with van der Waals surface area (Å²) in [7, 11) is 0. The van der Waals surface area contributed by atoms with E-state index < -0.39 is 0 Å². The van der Waals surface area contributed by atoms with Crippen molar-refractivity contribution in [2.45, 2.75) is 6.54 Å². The number of amides is 1. The average molecular weight is 372 g/mol. The Morgan fingerprint density at radius 1 is 0.960 bits per heavy atom. The lowest BCUT2D eigenvalue weighted by atomic mass is 10.2. The highest BCUT2D eigenvalue weighted by molar-refractivity contribution is 6.42. The van der Waals surface area contributed by atoms with Crippen molar-refractivity contribution in [3.8, 4) is 0 Å². The minimum Gasteiger partial charge on any atom is -0.348 e. The van der Waals surface area contributed by atoms with Gasteiger partial charge < -0.3 is 10.6 Å². The monoisotopic (exact) mass is 371 g/mol. The number of halogens is 2. The Labute approximate surface area is 155 Å². The van der Waals surface area contributed by atoms with Crippen LogP contribution in [-0.2, 0) is 6.54 Å². The van der Waals surface area contributed by atoms with Crippen LogP contribution in [0.4, 0.5) is 11.5 Å². The van der Waals surface area contributed by atoms with Crippen LogP contribution in [0.25, 0.3) is 0 Å². The molecular formula is C19H15Cl2N3O. The molecule has 6 heteroatoms. The first kappa shape index (κ1) is 17.3. The molecule has 3 rings (SSSR count). The Balaban J connectivity index is 1.61. The van der Waals surface area contributed by atoms with Crippen molar-refractivity contribution in [2.75, 3.05) is 5.32 Å². The van der Waals surface area contributed by atoms with Crippen molar-refractivity contribution in [3.63, 3.8) is 0 Å². The molecule has 0 bridgehead atoms. The Hall–Kier alpha value is -2.56. The smallest absolute Gasteiger partial charge is 0.253 e. The molecule has 2 aromatic carbocycles. The number of carbonyl (C=O) groups excluding carboxylic acids is 1. The zero-order chi connectivity index (χ0) is 17.6. The summed E-state index contributed by atoms with van der Waals surface area (Å²) < 4.78 is 0. The fourth-order valence-electron chi connectivity index (χ4n) is 2.20.